The lowest BCUT2D eigenvalue weighted by atomic mass is 9.83. The average Bonchev–Trinajstić information content (AvgIpc) is 2.60. The molecule has 1 rings (SSSR count). The predicted molar refractivity (Wildman–Crippen MR) is 105 cm³/mol. The third-order valence-corrected chi connectivity index (χ3v) is 4.88. The smallest absolute Gasteiger partial charge is 0.310 e. The minimum atomic E-state index is -0.395. The average molecular weight is 367 g/mol. The highest BCUT2D eigenvalue weighted by molar-refractivity contribution is 5.82. The zero-order valence-electron chi connectivity index (χ0n) is 17.2. The topological polar surface area (TPSA) is 52.6 Å². The van der Waals surface area contributed by atoms with Gasteiger partial charge in [-0.1, -0.05) is 52.7 Å². The van der Waals surface area contributed by atoms with E-state index in [1.807, 2.05) is 12.2 Å². The van der Waals surface area contributed by atoms with Crippen LogP contribution in [0.1, 0.15) is 79.1 Å². The predicted octanol–water partition coefficient (Wildman–Crippen LogP) is 5.31. The van der Waals surface area contributed by atoms with Gasteiger partial charge in [-0.3, -0.25) is 9.59 Å². The van der Waals surface area contributed by atoms with Crippen LogP contribution in [0.15, 0.2) is 12.2 Å². The maximum atomic E-state index is 12.4. The summed E-state index contributed by atoms with van der Waals surface area (Å²) in [4.78, 5) is 24.8. The third-order valence-electron chi connectivity index (χ3n) is 4.88. The van der Waals surface area contributed by atoms with E-state index in [1.54, 1.807) is 0 Å². The first-order valence-electron chi connectivity index (χ1n) is 10.4. The fourth-order valence-electron chi connectivity index (χ4n) is 3.20. The minimum Gasteiger partial charge on any atom is -0.465 e. The van der Waals surface area contributed by atoms with Crippen molar-refractivity contribution in [3.63, 3.8) is 0 Å². The van der Waals surface area contributed by atoms with Crippen molar-refractivity contribution in [3.05, 3.63) is 12.2 Å². The number of hydrogen-bond acceptors (Lipinski definition) is 4. The second kappa shape index (κ2) is 12.9. The maximum Gasteiger partial charge on any atom is 0.310 e. The van der Waals surface area contributed by atoms with Gasteiger partial charge in [-0.05, 0) is 50.4 Å². The molecule has 1 aliphatic carbocycles. The molecule has 4 heteroatoms. The maximum absolute atomic E-state index is 12.4. The van der Waals surface area contributed by atoms with Crippen LogP contribution in [0.3, 0.4) is 0 Å². The Morgan fingerprint density at radius 3 is 1.50 bits per heavy atom. The van der Waals surface area contributed by atoms with Crippen LogP contribution in [-0.4, -0.2) is 25.2 Å². The van der Waals surface area contributed by atoms with E-state index in [2.05, 4.69) is 27.7 Å². The van der Waals surface area contributed by atoms with Gasteiger partial charge < -0.3 is 9.47 Å². The zero-order valence-corrected chi connectivity index (χ0v) is 17.2. The first-order chi connectivity index (χ1) is 12.4. The van der Waals surface area contributed by atoms with E-state index < -0.39 is 11.8 Å². The molecule has 0 heterocycles. The Morgan fingerprint density at radius 2 is 1.15 bits per heavy atom. The molecule has 0 aromatic carbocycles. The second-order valence-corrected chi connectivity index (χ2v) is 8.27. The number of esters is 2. The summed E-state index contributed by atoms with van der Waals surface area (Å²) in [5.41, 5.74) is 0. The number of allylic oxidation sites excluding steroid dienone is 2. The molecule has 26 heavy (non-hydrogen) atoms. The van der Waals surface area contributed by atoms with Crippen molar-refractivity contribution in [2.45, 2.75) is 79.1 Å². The molecule has 0 spiro atoms. The molecule has 0 saturated carbocycles. The Labute approximate surface area is 159 Å². The number of rotatable bonds is 12. The molecule has 0 amide bonds. The van der Waals surface area contributed by atoms with E-state index in [1.165, 1.54) is 0 Å². The lowest BCUT2D eigenvalue weighted by Gasteiger charge is -2.25. The summed E-state index contributed by atoms with van der Waals surface area (Å²) < 4.78 is 10.9. The van der Waals surface area contributed by atoms with Gasteiger partial charge in [0.1, 0.15) is 0 Å². The zero-order chi connectivity index (χ0) is 19.4. The van der Waals surface area contributed by atoms with Gasteiger partial charge in [-0.2, -0.15) is 0 Å². The summed E-state index contributed by atoms with van der Waals surface area (Å²) in [5.74, 6) is 0.0607. The summed E-state index contributed by atoms with van der Waals surface area (Å²) in [6.07, 6.45) is 11.3. The highest BCUT2D eigenvalue weighted by atomic mass is 16.5. The Morgan fingerprint density at radius 1 is 0.769 bits per heavy atom. The Kier molecular flexibility index (Phi) is 11.3. The number of unbranched alkanes of at least 4 members (excludes halogenated alkanes) is 2. The van der Waals surface area contributed by atoms with Gasteiger partial charge >= 0.3 is 11.9 Å². The molecule has 1 aliphatic rings. The van der Waals surface area contributed by atoms with E-state index in [9.17, 15) is 9.59 Å². The van der Waals surface area contributed by atoms with Crippen LogP contribution < -0.4 is 0 Å². The van der Waals surface area contributed by atoms with Gasteiger partial charge in [-0.15, -0.1) is 0 Å². The van der Waals surface area contributed by atoms with Gasteiger partial charge in [-0.25, -0.2) is 0 Å². The van der Waals surface area contributed by atoms with Crippen LogP contribution in [0.2, 0.25) is 0 Å². The lowest BCUT2D eigenvalue weighted by molar-refractivity contribution is -0.161. The summed E-state index contributed by atoms with van der Waals surface area (Å²) >= 11 is 0. The Balaban J connectivity index is 2.34. The first-order valence-corrected chi connectivity index (χ1v) is 10.4. The Bertz CT molecular complexity index is 399. The largest absolute Gasteiger partial charge is 0.465 e. The normalized spacial score (nSPS) is 19.8. The molecule has 0 saturated heterocycles. The van der Waals surface area contributed by atoms with Gasteiger partial charge in [0.25, 0.3) is 0 Å². The van der Waals surface area contributed by atoms with Crippen LogP contribution >= 0.6 is 0 Å². The van der Waals surface area contributed by atoms with Crippen molar-refractivity contribution in [1.82, 2.24) is 0 Å². The molecular formula is C22H38O4. The van der Waals surface area contributed by atoms with Crippen molar-refractivity contribution < 1.29 is 19.1 Å². The highest BCUT2D eigenvalue weighted by Gasteiger charge is 2.36. The van der Waals surface area contributed by atoms with Gasteiger partial charge in [0.05, 0.1) is 25.0 Å². The van der Waals surface area contributed by atoms with E-state index >= 15 is 0 Å². The van der Waals surface area contributed by atoms with Crippen molar-refractivity contribution in [3.8, 4) is 0 Å². The molecule has 0 aromatic heterocycles. The number of carbonyl (C=O) groups excluding carboxylic acids is 2. The third kappa shape index (κ3) is 9.40. The number of ether oxygens (including phenoxy) is 2. The molecule has 2 atom stereocenters. The summed E-state index contributed by atoms with van der Waals surface area (Å²) in [5, 5.41) is 0. The molecule has 0 N–H and O–H groups in total. The van der Waals surface area contributed by atoms with Crippen LogP contribution in [-0.2, 0) is 19.1 Å². The molecule has 0 bridgehead atoms. The van der Waals surface area contributed by atoms with Crippen molar-refractivity contribution in [2.24, 2.45) is 23.7 Å². The van der Waals surface area contributed by atoms with Crippen molar-refractivity contribution in [2.75, 3.05) is 13.2 Å². The number of carbonyl (C=O) groups is 2. The van der Waals surface area contributed by atoms with Gasteiger partial charge in [0, 0.05) is 0 Å². The summed E-state index contributed by atoms with van der Waals surface area (Å²) in [7, 11) is 0. The van der Waals surface area contributed by atoms with Crippen molar-refractivity contribution >= 4 is 11.9 Å². The van der Waals surface area contributed by atoms with Crippen molar-refractivity contribution in [1.29, 1.82) is 0 Å². The molecule has 0 aliphatic heterocycles. The molecule has 150 valence electrons. The molecule has 0 radical (unpaired) electrons. The van der Waals surface area contributed by atoms with Gasteiger partial charge in [0.2, 0.25) is 0 Å². The Hall–Kier alpha value is -1.32. The quantitative estimate of drug-likeness (QED) is 0.267. The first kappa shape index (κ1) is 22.7. The van der Waals surface area contributed by atoms with Crippen LogP contribution in [0.4, 0.5) is 0 Å². The fraction of sp³-hybridized carbons (Fsp3) is 0.818. The molecular weight excluding hydrogens is 328 g/mol. The van der Waals surface area contributed by atoms with E-state index in [0.29, 0.717) is 37.9 Å². The monoisotopic (exact) mass is 366 g/mol. The van der Waals surface area contributed by atoms with Crippen LogP contribution in [0.25, 0.3) is 0 Å². The molecule has 4 nitrogen and oxygen atoms in total. The van der Waals surface area contributed by atoms with Gasteiger partial charge in [0.15, 0.2) is 0 Å². The molecule has 0 fully saturated rings. The van der Waals surface area contributed by atoms with Crippen LogP contribution in [0, 0.1) is 23.7 Å². The molecule has 0 unspecified atom stereocenters. The van der Waals surface area contributed by atoms with E-state index in [4.69, 9.17) is 9.47 Å². The second-order valence-electron chi connectivity index (χ2n) is 8.27. The lowest BCUT2D eigenvalue weighted by Crippen LogP contribution is -2.34. The standard InChI is InChI=1S/C22H38O4/c1-17(2)11-7-9-15-25-21(23)19-13-5-6-14-20(19)22(24)26-16-10-8-12-18(3)4/h5-6,17-20H,7-16H2,1-4H3/t19-,20+. The molecule has 0 aromatic rings. The minimum absolute atomic E-state index is 0.249. The summed E-state index contributed by atoms with van der Waals surface area (Å²) in [6.45, 7) is 9.67. The van der Waals surface area contributed by atoms with E-state index in [-0.39, 0.29) is 11.9 Å². The number of hydrogen-bond donors (Lipinski definition) is 0. The van der Waals surface area contributed by atoms with Crippen LogP contribution in [0.5, 0.6) is 0 Å². The summed E-state index contributed by atoms with van der Waals surface area (Å²) in [6, 6.07) is 0. The SMILES string of the molecule is CC(C)CCCCOC(=O)[C@H]1CC=CC[C@H]1C(=O)OCCCCC(C)C. The van der Waals surface area contributed by atoms with E-state index in [0.717, 1.165) is 38.5 Å². The fourth-order valence-corrected chi connectivity index (χ4v) is 3.20. The highest BCUT2D eigenvalue weighted by Crippen LogP contribution is 2.28.